The Morgan fingerprint density at radius 1 is 1.17 bits per heavy atom. The predicted molar refractivity (Wildman–Crippen MR) is 95.4 cm³/mol. The molecule has 0 saturated carbocycles. The van der Waals surface area contributed by atoms with Crippen molar-refractivity contribution in [3.8, 4) is 0 Å². The van der Waals surface area contributed by atoms with Crippen LogP contribution in [0.2, 0.25) is 0 Å². The molecule has 4 nitrogen and oxygen atoms in total. The van der Waals surface area contributed by atoms with Gasteiger partial charge in [0.1, 0.15) is 0 Å². The van der Waals surface area contributed by atoms with Crippen LogP contribution in [0.15, 0.2) is 24.3 Å². The van der Waals surface area contributed by atoms with Gasteiger partial charge in [0.05, 0.1) is 0 Å². The second-order valence-corrected chi connectivity index (χ2v) is 7.63. The van der Waals surface area contributed by atoms with Crippen LogP contribution in [0.4, 0.5) is 0 Å². The first-order chi connectivity index (χ1) is 10.6. The molecule has 0 spiro atoms. The molecule has 0 aromatic carbocycles. The average Bonchev–Trinajstić information content (AvgIpc) is 2.39. The van der Waals surface area contributed by atoms with Gasteiger partial charge in [0, 0.05) is 37.5 Å². The summed E-state index contributed by atoms with van der Waals surface area (Å²) in [4.78, 5) is 28.2. The van der Waals surface area contributed by atoms with E-state index in [4.69, 9.17) is 0 Å². The lowest BCUT2D eigenvalue weighted by molar-refractivity contribution is -0.128. The molecule has 0 amide bonds. The van der Waals surface area contributed by atoms with Crippen LogP contribution < -0.4 is 0 Å². The minimum atomic E-state index is -0.323. The van der Waals surface area contributed by atoms with Crippen LogP contribution in [0, 0.1) is 17.3 Å². The Morgan fingerprint density at radius 2 is 1.78 bits per heavy atom. The SMILES string of the molecule is CC(C)C(=O)/C=C/CN1CC(C(C)(C)C(=O)/C=C\CN(C)C)C1. The van der Waals surface area contributed by atoms with Crippen LogP contribution in [0.3, 0.4) is 0 Å². The summed E-state index contributed by atoms with van der Waals surface area (Å²) in [7, 11) is 3.97. The fourth-order valence-electron chi connectivity index (χ4n) is 2.47. The monoisotopic (exact) mass is 320 g/mol. The molecule has 0 radical (unpaired) electrons. The highest BCUT2D eigenvalue weighted by Gasteiger charge is 2.41. The quantitative estimate of drug-likeness (QED) is 0.612. The Morgan fingerprint density at radius 3 is 2.30 bits per heavy atom. The van der Waals surface area contributed by atoms with Gasteiger partial charge in [-0.25, -0.2) is 0 Å². The van der Waals surface area contributed by atoms with Gasteiger partial charge in [0.15, 0.2) is 11.6 Å². The summed E-state index contributed by atoms with van der Waals surface area (Å²) in [5.74, 6) is 0.812. The molecule has 1 heterocycles. The number of nitrogens with zero attached hydrogens (tertiary/aromatic N) is 2. The van der Waals surface area contributed by atoms with Crippen molar-refractivity contribution in [2.45, 2.75) is 27.7 Å². The van der Waals surface area contributed by atoms with Crippen molar-refractivity contribution in [1.82, 2.24) is 9.80 Å². The number of carbonyl (C=O) groups excluding carboxylic acids is 2. The fourth-order valence-corrected chi connectivity index (χ4v) is 2.47. The zero-order chi connectivity index (χ0) is 17.6. The number of allylic oxidation sites excluding steroid dienone is 2. The van der Waals surface area contributed by atoms with Crippen molar-refractivity contribution < 1.29 is 9.59 Å². The number of carbonyl (C=O) groups is 2. The van der Waals surface area contributed by atoms with Crippen LogP contribution in [0.25, 0.3) is 0 Å². The fraction of sp³-hybridized carbons (Fsp3) is 0.684. The number of rotatable bonds is 9. The van der Waals surface area contributed by atoms with E-state index in [-0.39, 0.29) is 22.9 Å². The van der Waals surface area contributed by atoms with E-state index < -0.39 is 0 Å². The molecule has 1 aliphatic rings. The van der Waals surface area contributed by atoms with Crippen molar-refractivity contribution in [1.29, 1.82) is 0 Å². The third-order valence-corrected chi connectivity index (χ3v) is 4.57. The van der Waals surface area contributed by atoms with Gasteiger partial charge in [-0.2, -0.15) is 0 Å². The molecule has 23 heavy (non-hydrogen) atoms. The molecule has 1 rings (SSSR count). The molecule has 0 aromatic heterocycles. The lowest BCUT2D eigenvalue weighted by Crippen LogP contribution is -2.54. The second-order valence-electron chi connectivity index (χ2n) is 7.63. The van der Waals surface area contributed by atoms with Gasteiger partial charge in [0.2, 0.25) is 0 Å². The Balaban J connectivity index is 2.40. The van der Waals surface area contributed by atoms with E-state index in [9.17, 15) is 9.59 Å². The summed E-state index contributed by atoms with van der Waals surface area (Å²) in [6, 6.07) is 0. The van der Waals surface area contributed by atoms with Crippen molar-refractivity contribution in [3.05, 3.63) is 24.3 Å². The smallest absolute Gasteiger partial charge is 0.161 e. The van der Waals surface area contributed by atoms with Gasteiger partial charge in [-0.1, -0.05) is 39.8 Å². The Bertz CT molecular complexity index is 470. The lowest BCUT2D eigenvalue weighted by Gasteiger charge is -2.46. The normalized spacial score (nSPS) is 17.6. The largest absolute Gasteiger partial charge is 0.306 e. The van der Waals surface area contributed by atoms with Gasteiger partial charge >= 0.3 is 0 Å². The number of likely N-dealkylation sites (N-methyl/N-ethyl adjacent to an activating group) is 1. The van der Waals surface area contributed by atoms with Crippen LogP contribution in [0.1, 0.15) is 27.7 Å². The molecule has 0 N–H and O–H groups in total. The molecule has 1 aliphatic heterocycles. The summed E-state index contributed by atoms with van der Waals surface area (Å²) in [6.07, 6.45) is 7.27. The first kappa shape index (κ1) is 19.8. The molecular weight excluding hydrogens is 288 g/mol. The molecule has 130 valence electrons. The van der Waals surface area contributed by atoms with E-state index in [1.165, 1.54) is 0 Å². The van der Waals surface area contributed by atoms with Crippen molar-refractivity contribution in [2.24, 2.45) is 17.3 Å². The standard InChI is InChI=1S/C19H32N2O2/c1-15(2)17(22)9-7-12-21-13-16(14-21)19(3,4)18(23)10-8-11-20(5)6/h7-10,15-16H,11-14H2,1-6H3/b9-7+,10-8-. The van der Waals surface area contributed by atoms with Crippen molar-refractivity contribution in [2.75, 3.05) is 40.3 Å². The maximum atomic E-state index is 12.4. The maximum absolute atomic E-state index is 12.4. The van der Waals surface area contributed by atoms with Gasteiger partial charge in [0.25, 0.3) is 0 Å². The highest BCUT2D eigenvalue weighted by atomic mass is 16.1. The zero-order valence-corrected chi connectivity index (χ0v) is 15.5. The molecule has 0 unspecified atom stereocenters. The molecule has 0 aromatic rings. The summed E-state index contributed by atoms with van der Waals surface area (Å²) in [5.41, 5.74) is -0.323. The van der Waals surface area contributed by atoms with Gasteiger partial charge in [-0.3, -0.25) is 14.5 Å². The zero-order valence-electron chi connectivity index (χ0n) is 15.5. The second kappa shape index (κ2) is 8.55. The lowest BCUT2D eigenvalue weighted by atomic mass is 9.71. The van der Waals surface area contributed by atoms with E-state index in [0.29, 0.717) is 5.92 Å². The van der Waals surface area contributed by atoms with Crippen molar-refractivity contribution in [3.63, 3.8) is 0 Å². The Kier molecular flexibility index (Phi) is 7.36. The molecule has 0 bridgehead atoms. The third kappa shape index (κ3) is 6.04. The number of ketones is 2. The molecule has 1 saturated heterocycles. The minimum absolute atomic E-state index is 0.0564. The van der Waals surface area contributed by atoms with Crippen LogP contribution in [-0.2, 0) is 9.59 Å². The summed E-state index contributed by atoms with van der Waals surface area (Å²) < 4.78 is 0. The first-order valence-corrected chi connectivity index (χ1v) is 8.43. The van der Waals surface area contributed by atoms with Gasteiger partial charge < -0.3 is 4.90 Å². The molecular formula is C19H32N2O2. The summed E-state index contributed by atoms with van der Waals surface area (Å²) in [5, 5.41) is 0. The highest BCUT2D eigenvalue weighted by Crippen LogP contribution is 2.35. The van der Waals surface area contributed by atoms with Crippen molar-refractivity contribution >= 4 is 11.6 Å². The molecule has 0 atom stereocenters. The molecule has 4 heteroatoms. The summed E-state index contributed by atoms with van der Waals surface area (Å²) >= 11 is 0. The van der Waals surface area contributed by atoms with E-state index in [2.05, 4.69) is 4.90 Å². The number of likely N-dealkylation sites (tertiary alicyclic amines) is 1. The first-order valence-electron chi connectivity index (χ1n) is 8.43. The van der Waals surface area contributed by atoms with E-state index in [1.807, 2.05) is 58.8 Å². The Labute approximate surface area is 141 Å². The Hall–Kier alpha value is -1.26. The van der Waals surface area contributed by atoms with Crippen LogP contribution in [-0.4, -0.2) is 61.6 Å². The van der Waals surface area contributed by atoms with Crippen LogP contribution >= 0.6 is 0 Å². The number of hydrogen-bond donors (Lipinski definition) is 0. The van der Waals surface area contributed by atoms with Crippen LogP contribution in [0.5, 0.6) is 0 Å². The average molecular weight is 320 g/mol. The molecule has 1 fully saturated rings. The maximum Gasteiger partial charge on any atom is 0.161 e. The summed E-state index contributed by atoms with van der Waals surface area (Å²) in [6.45, 7) is 11.3. The van der Waals surface area contributed by atoms with Gasteiger partial charge in [-0.15, -0.1) is 0 Å². The van der Waals surface area contributed by atoms with E-state index >= 15 is 0 Å². The predicted octanol–water partition coefficient (Wildman–Crippen LogP) is 2.41. The number of hydrogen-bond acceptors (Lipinski definition) is 4. The minimum Gasteiger partial charge on any atom is -0.306 e. The van der Waals surface area contributed by atoms with E-state index in [0.717, 1.165) is 26.2 Å². The molecule has 0 aliphatic carbocycles. The highest BCUT2D eigenvalue weighted by molar-refractivity contribution is 5.94. The van der Waals surface area contributed by atoms with Gasteiger partial charge in [-0.05, 0) is 32.2 Å². The van der Waals surface area contributed by atoms with E-state index in [1.54, 1.807) is 12.2 Å². The third-order valence-electron chi connectivity index (χ3n) is 4.57. The topological polar surface area (TPSA) is 40.6 Å².